The van der Waals surface area contributed by atoms with Gasteiger partial charge in [-0.25, -0.2) is 4.99 Å². The van der Waals surface area contributed by atoms with Crippen LogP contribution in [0.4, 0.5) is 0 Å². The Balaban J connectivity index is 0.00000480. The number of hydrogen-bond acceptors (Lipinski definition) is 4. The molecule has 7 nitrogen and oxygen atoms in total. The number of nitrogens with one attached hydrogen (secondary N) is 2. The molecule has 1 heterocycles. The molecule has 0 saturated heterocycles. The fraction of sp³-hybridized carbons (Fsp3) is 0.478. The van der Waals surface area contributed by atoms with Crippen molar-refractivity contribution >= 4 is 29.9 Å². The number of hydrogen-bond donors (Lipinski definition) is 2. The molecule has 172 valence electrons. The van der Waals surface area contributed by atoms with E-state index in [1.165, 1.54) is 0 Å². The van der Waals surface area contributed by atoms with Gasteiger partial charge in [-0.05, 0) is 44.4 Å². The summed E-state index contributed by atoms with van der Waals surface area (Å²) >= 11 is 0. The Bertz CT molecular complexity index is 855. The van der Waals surface area contributed by atoms with E-state index >= 15 is 0 Å². The summed E-state index contributed by atoms with van der Waals surface area (Å²) in [6.45, 7) is 7.98. The average Bonchev–Trinajstić information content (AvgIpc) is 2.74. The third kappa shape index (κ3) is 10.2. The number of ether oxygens (including phenoxy) is 2. The van der Waals surface area contributed by atoms with Gasteiger partial charge in [-0.15, -0.1) is 24.0 Å². The van der Waals surface area contributed by atoms with E-state index in [4.69, 9.17) is 14.5 Å². The van der Waals surface area contributed by atoms with Crippen molar-refractivity contribution in [3.05, 3.63) is 64.1 Å². The van der Waals surface area contributed by atoms with Crippen LogP contribution in [0.3, 0.4) is 0 Å². The van der Waals surface area contributed by atoms with Gasteiger partial charge in [0.25, 0.3) is 0 Å². The quantitative estimate of drug-likeness (QED) is 0.186. The molecule has 0 aliphatic rings. The molecule has 0 amide bonds. The molecule has 0 radical (unpaired) electrons. The Morgan fingerprint density at radius 1 is 1.13 bits per heavy atom. The van der Waals surface area contributed by atoms with Crippen LogP contribution in [-0.4, -0.2) is 43.9 Å². The zero-order chi connectivity index (χ0) is 21.6. The van der Waals surface area contributed by atoms with E-state index in [0.29, 0.717) is 19.8 Å². The van der Waals surface area contributed by atoms with Crippen LogP contribution in [-0.2, 0) is 17.8 Å². The van der Waals surface area contributed by atoms with Crippen molar-refractivity contribution < 1.29 is 9.47 Å². The molecule has 0 aliphatic heterocycles. The van der Waals surface area contributed by atoms with Crippen LogP contribution in [0.15, 0.2) is 52.4 Å². The molecule has 2 aromatic rings. The van der Waals surface area contributed by atoms with Crippen LogP contribution in [0.1, 0.15) is 30.9 Å². The van der Waals surface area contributed by atoms with Crippen LogP contribution >= 0.6 is 24.0 Å². The first-order chi connectivity index (χ1) is 14.6. The standard InChI is InChI=1S/C23H34N4O3.HI/c1-4-24-23(25-12-6-8-14-27-13-7-5-9-22(27)28)26-18-20-11-10-19(2)17-21(20)30-16-15-29-3;/h5,7,9-11,13,17H,4,6,8,12,14-16,18H2,1-3H3,(H2,24,25,26);1H. The predicted molar refractivity (Wildman–Crippen MR) is 137 cm³/mol. The zero-order valence-electron chi connectivity index (χ0n) is 18.7. The highest BCUT2D eigenvalue weighted by atomic mass is 127. The third-order valence-electron chi connectivity index (χ3n) is 4.54. The molecule has 8 heteroatoms. The first-order valence-corrected chi connectivity index (χ1v) is 10.5. The number of aliphatic imine (C=N–C) groups is 1. The molecule has 0 saturated carbocycles. The number of halogens is 1. The lowest BCUT2D eigenvalue weighted by molar-refractivity contribution is 0.145. The van der Waals surface area contributed by atoms with Gasteiger partial charge >= 0.3 is 0 Å². The van der Waals surface area contributed by atoms with E-state index < -0.39 is 0 Å². The predicted octanol–water partition coefficient (Wildman–Crippen LogP) is 3.34. The minimum absolute atomic E-state index is 0. The van der Waals surface area contributed by atoms with E-state index in [1.807, 2.05) is 32.2 Å². The Morgan fingerprint density at radius 2 is 1.97 bits per heavy atom. The molecule has 1 aromatic carbocycles. The molecule has 2 rings (SSSR count). The number of benzene rings is 1. The molecule has 31 heavy (non-hydrogen) atoms. The number of unbranched alkanes of at least 4 members (excludes halogenated alkanes) is 1. The van der Waals surface area contributed by atoms with Crippen molar-refractivity contribution in [2.24, 2.45) is 4.99 Å². The second kappa shape index (κ2) is 15.7. The maximum atomic E-state index is 11.7. The number of rotatable bonds is 12. The van der Waals surface area contributed by atoms with Gasteiger partial charge in [-0.2, -0.15) is 0 Å². The van der Waals surface area contributed by atoms with Gasteiger partial charge in [-0.3, -0.25) is 4.79 Å². The van der Waals surface area contributed by atoms with Gasteiger partial charge in [0.1, 0.15) is 12.4 Å². The molecule has 0 aliphatic carbocycles. The highest BCUT2D eigenvalue weighted by Gasteiger charge is 2.05. The lowest BCUT2D eigenvalue weighted by Crippen LogP contribution is -2.37. The van der Waals surface area contributed by atoms with Crippen molar-refractivity contribution in [1.29, 1.82) is 0 Å². The maximum Gasteiger partial charge on any atom is 0.250 e. The molecular weight excluding hydrogens is 507 g/mol. The summed E-state index contributed by atoms with van der Waals surface area (Å²) < 4.78 is 12.7. The van der Waals surface area contributed by atoms with Crippen LogP contribution in [0.25, 0.3) is 0 Å². The number of guanidine groups is 1. The fourth-order valence-corrected chi connectivity index (χ4v) is 2.93. The highest BCUT2D eigenvalue weighted by molar-refractivity contribution is 14.0. The summed E-state index contributed by atoms with van der Waals surface area (Å²) in [5.74, 6) is 1.62. The minimum atomic E-state index is 0. The lowest BCUT2D eigenvalue weighted by Gasteiger charge is -2.14. The molecule has 2 N–H and O–H groups in total. The summed E-state index contributed by atoms with van der Waals surface area (Å²) in [6, 6.07) is 11.4. The SMILES string of the molecule is CCNC(=NCc1ccc(C)cc1OCCOC)NCCCCn1ccccc1=O.I. The van der Waals surface area contributed by atoms with Crippen molar-refractivity contribution in [2.45, 2.75) is 39.8 Å². The summed E-state index contributed by atoms with van der Waals surface area (Å²) in [5.41, 5.74) is 2.23. The van der Waals surface area contributed by atoms with Gasteiger partial charge in [0.15, 0.2) is 5.96 Å². The van der Waals surface area contributed by atoms with Crippen LogP contribution in [0.5, 0.6) is 5.75 Å². The maximum absolute atomic E-state index is 11.7. The second-order valence-electron chi connectivity index (χ2n) is 7.01. The zero-order valence-corrected chi connectivity index (χ0v) is 21.1. The van der Waals surface area contributed by atoms with Crippen molar-refractivity contribution in [1.82, 2.24) is 15.2 Å². The Kier molecular flexibility index (Phi) is 13.6. The average molecular weight is 542 g/mol. The Hall–Kier alpha value is -2.07. The van der Waals surface area contributed by atoms with Crippen LogP contribution in [0.2, 0.25) is 0 Å². The molecular formula is C23H35IN4O3. The molecule has 0 unspecified atom stereocenters. The summed E-state index contributed by atoms with van der Waals surface area (Å²) in [4.78, 5) is 16.4. The number of methoxy groups -OCH3 is 1. The minimum Gasteiger partial charge on any atom is -0.491 e. The van der Waals surface area contributed by atoms with E-state index in [1.54, 1.807) is 23.8 Å². The monoisotopic (exact) mass is 542 g/mol. The number of pyridine rings is 1. The van der Waals surface area contributed by atoms with Crippen molar-refractivity contribution in [3.63, 3.8) is 0 Å². The van der Waals surface area contributed by atoms with Gasteiger partial charge in [0.05, 0.1) is 13.2 Å². The highest BCUT2D eigenvalue weighted by Crippen LogP contribution is 2.21. The fourth-order valence-electron chi connectivity index (χ4n) is 2.93. The molecule has 0 bridgehead atoms. The number of nitrogens with zero attached hydrogens (tertiary/aromatic N) is 2. The van der Waals surface area contributed by atoms with E-state index in [0.717, 1.165) is 55.3 Å². The Labute approximate surface area is 202 Å². The second-order valence-corrected chi connectivity index (χ2v) is 7.01. The van der Waals surface area contributed by atoms with Crippen LogP contribution in [0, 0.1) is 6.92 Å². The number of aryl methyl sites for hydroxylation is 2. The van der Waals surface area contributed by atoms with Crippen LogP contribution < -0.4 is 20.9 Å². The smallest absolute Gasteiger partial charge is 0.250 e. The molecule has 0 fully saturated rings. The molecule has 0 atom stereocenters. The largest absolute Gasteiger partial charge is 0.491 e. The summed E-state index contributed by atoms with van der Waals surface area (Å²) in [5, 5.41) is 6.64. The normalized spacial score (nSPS) is 11.0. The van der Waals surface area contributed by atoms with E-state index in [2.05, 4.69) is 22.8 Å². The van der Waals surface area contributed by atoms with Crippen molar-refractivity contribution in [2.75, 3.05) is 33.4 Å². The first-order valence-electron chi connectivity index (χ1n) is 10.5. The third-order valence-corrected chi connectivity index (χ3v) is 4.54. The number of aromatic nitrogens is 1. The Morgan fingerprint density at radius 3 is 2.71 bits per heavy atom. The summed E-state index contributed by atoms with van der Waals surface area (Å²) in [6.07, 6.45) is 3.70. The molecule has 0 spiro atoms. The van der Waals surface area contributed by atoms with Gasteiger partial charge in [0, 0.05) is 44.6 Å². The first kappa shape index (κ1) is 27.0. The topological polar surface area (TPSA) is 76.9 Å². The van der Waals surface area contributed by atoms with E-state index in [9.17, 15) is 4.79 Å². The summed E-state index contributed by atoms with van der Waals surface area (Å²) in [7, 11) is 1.66. The van der Waals surface area contributed by atoms with Gasteiger partial charge in [-0.1, -0.05) is 18.2 Å². The molecule has 1 aromatic heterocycles. The van der Waals surface area contributed by atoms with Gasteiger partial charge < -0.3 is 24.7 Å². The van der Waals surface area contributed by atoms with Crippen molar-refractivity contribution in [3.8, 4) is 5.75 Å². The van der Waals surface area contributed by atoms with E-state index in [-0.39, 0.29) is 29.5 Å². The van der Waals surface area contributed by atoms with Gasteiger partial charge in [0.2, 0.25) is 5.56 Å². The lowest BCUT2D eigenvalue weighted by atomic mass is 10.1.